The van der Waals surface area contributed by atoms with Crippen LogP contribution in [-0.4, -0.2) is 26.1 Å². The molecule has 0 atom stereocenters. The maximum absolute atomic E-state index is 12.9. The maximum atomic E-state index is 12.9. The average Bonchev–Trinajstić information content (AvgIpc) is 3.39. The SMILES string of the molecule is O=C1C(=Cc2cc3[se]c4ccsc4c3s2)C(=O)c2cc3ccccc3cc21. The molecule has 0 N–H and O–H groups in total. The van der Waals surface area contributed by atoms with Crippen LogP contribution in [0.15, 0.2) is 59.5 Å². The Labute approximate surface area is 168 Å². The molecule has 1 aliphatic carbocycles. The van der Waals surface area contributed by atoms with Crippen LogP contribution in [0.4, 0.5) is 0 Å². The molecular weight excluding hydrogens is 439 g/mol. The summed E-state index contributed by atoms with van der Waals surface area (Å²) in [6.45, 7) is 0. The Hall–Kier alpha value is -2.30. The summed E-state index contributed by atoms with van der Waals surface area (Å²) in [7, 11) is 0. The first-order valence-electron chi connectivity index (χ1n) is 8.42. The van der Waals surface area contributed by atoms with E-state index in [2.05, 4.69) is 17.5 Å². The first kappa shape index (κ1) is 15.7. The molecular formula is C22H10O2S2Se. The van der Waals surface area contributed by atoms with Crippen molar-refractivity contribution in [3.63, 3.8) is 0 Å². The van der Waals surface area contributed by atoms with E-state index in [1.807, 2.05) is 36.4 Å². The number of rotatable bonds is 1. The average molecular weight is 449 g/mol. The normalized spacial score (nSPS) is 14.0. The van der Waals surface area contributed by atoms with Crippen molar-refractivity contribution in [2.45, 2.75) is 0 Å². The van der Waals surface area contributed by atoms with Crippen molar-refractivity contribution >= 4 is 83.5 Å². The Morgan fingerprint density at radius 2 is 1.52 bits per heavy atom. The number of hydrogen-bond donors (Lipinski definition) is 0. The Balaban J connectivity index is 1.50. The van der Waals surface area contributed by atoms with Gasteiger partial charge in [-0.2, -0.15) is 0 Å². The minimum atomic E-state index is -0.156. The molecule has 3 aromatic heterocycles. The molecule has 2 nitrogen and oxygen atoms in total. The molecule has 3 heterocycles. The minimum absolute atomic E-state index is 0.156. The quantitative estimate of drug-likeness (QED) is 0.184. The number of Topliss-reactive ketones (excluding diaryl/α,β-unsaturated/α-hetero) is 2. The van der Waals surface area contributed by atoms with Gasteiger partial charge in [-0.05, 0) is 0 Å². The van der Waals surface area contributed by atoms with Gasteiger partial charge in [-0.1, -0.05) is 0 Å². The second-order valence-electron chi connectivity index (χ2n) is 6.52. The molecule has 5 heteroatoms. The van der Waals surface area contributed by atoms with Crippen molar-refractivity contribution < 1.29 is 9.59 Å². The number of ketones is 2. The van der Waals surface area contributed by atoms with E-state index in [1.165, 1.54) is 17.9 Å². The van der Waals surface area contributed by atoms with Gasteiger partial charge in [-0.3, -0.25) is 0 Å². The molecule has 0 aliphatic heterocycles. The summed E-state index contributed by atoms with van der Waals surface area (Å²) in [5, 5.41) is 4.11. The van der Waals surface area contributed by atoms with Gasteiger partial charge in [0.15, 0.2) is 0 Å². The van der Waals surface area contributed by atoms with Crippen LogP contribution in [0.25, 0.3) is 34.8 Å². The third-order valence-electron chi connectivity index (χ3n) is 4.92. The second-order valence-corrected chi connectivity index (χ2v) is 10.8. The van der Waals surface area contributed by atoms with Crippen LogP contribution in [0.2, 0.25) is 0 Å². The molecule has 0 spiro atoms. The summed E-state index contributed by atoms with van der Waals surface area (Å²) in [6.07, 6.45) is 1.79. The van der Waals surface area contributed by atoms with Crippen LogP contribution in [0.3, 0.4) is 0 Å². The van der Waals surface area contributed by atoms with Crippen molar-refractivity contribution in [3.05, 3.63) is 75.5 Å². The second kappa shape index (κ2) is 5.60. The predicted molar refractivity (Wildman–Crippen MR) is 115 cm³/mol. The number of benzene rings is 2. The summed E-state index contributed by atoms with van der Waals surface area (Å²) >= 11 is 3.80. The third kappa shape index (κ3) is 2.23. The van der Waals surface area contributed by atoms with Gasteiger partial charge in [0.05, 0.1) is 0 Å². The molecule has 128 valence electrons. The van der Waals surface area contributed by atoms with Crippen LogP contribution in [-0.2, 0) is 0 Å². The van der Waals surface area contributed by atoms with E-state index >= 15 is 0 Å². The number of fused-ring (bicyclic) bond motifs is 5. The monoisotopic (exact) mass is 450 g/mol. The number of allylic oxidation sites excluding steroid dienone is 1. The summed E-state index contributed by atoms with van der Waals surface area (Å²) in [5.41, 5.74) is 1.34. The van der Waals surface area contributed by atoms with Crippen LogP contribution in [0.5, 0.6) is 0 Å². The van der Waals surface area contributed by atoms with E-state index in [0.29, 0.717) is 31.2 Å². The Morgan fingerprint density at radius 1 is 0.815 bits per heavy atom. The molecule has 0 amide bonds. The standard InChI is InChI=1S/C22H10O2S2Se/c23-19-14-7-11-3-1-2-4-12(11)8-15(14)20(24)16(19)9-13-10-18-22(26-13)21-17(27-18)5-6-25-21/h1-10H. The van der Waals surface area contributed by atoms with Gasteiger partial charge in [-0.25, -0.2) is 0 Å². The molecule has 5 aromatic rings. The number of carbonyl (C=O) groups excluding carboxylic acids is 2. The molecule has 0 saturated heterocycles. The van der Waals surface area contributed by atoms with E-state index in [-0.39, 0.29) is 11.6 Å². The van der Waals surface area contributed by atoms with E-state index in [9.17, 15) is 9.59 Å². The molecule has 0 fully saturated rings. The molecule has 27 heavy (non-hydrogen) atoms. The van der Waals surface area contributed by atoms with E-state index in [1.54, 1.807) is 28.7 Å². The summed E-state index contributed by atoms with van der Waals surface area (Å²) < 4.78 is 5.48. The molecule has 1 aliphatic rings. The van der Waals surface area contributed by atoms with E-state index in [4.69, 9.17) is 0 Å². The van der Waals surface area contributed by atoms with Crippen molar-refractivity contribution in [1.29, 1.82) is 0 Å². The zero-order chi connectivity index (χ0) is 18.1. The fraction of sp³-hybridized carbons (Fsp3) is 0. The van der Waals surface area contributed by atoms with Gasteiger partial charge >= 0.3 is 169 Å². The van der Waals surface area contributed by atoms with Gasteiger partial charge in [0, 0.05) is 0 Å². The van der Waals surface area contributed by atoms with E-state index < -0.39 is 0 Å². The molecule has 0 saturated carbocycles. The first-order chi connectivity index (χ1) is 13.2. The summed E-state index contributed by atoms with van der Waals surface area (Å²) in [4.78, 5) is 26.8. The van der Waals surface area contributed by atoms with Crippen LogP contribution in [0, 0.1) is 0 Å². The van der Waals surface area contributed by atoms with Crippen molar-refractivity contribution in [3.8, 4) is 0 Å². The van der Waals surface area contributed by atoms with E-state index in [0.717, 1.165) is 15.6 Å². The van der Waals surface area contributed by atoms with Gasteiger partial charge in [0.25, 0.3) is 0 Å². The summed E-state index contributed by atoms with van der Waals surface area (Å²) in [6, 6.07) is 15.9. The van der Waals surface area contributed by atoms with Gasteiger partial charge in [-0.15, -0.1) is 0 Å². The molecule has 6 rings (SSSR count). The number of hydrogen-bond acceptors (Lipinski definition) is 4. The Kier molecular flexibility index (Phi) is 3.26. The third-order valence-corrected chi connectivity index (χ3v) is 9.98. The fourth-order valence-electron chi connectivity index (χ4n) is 3.64. The van der Waals surface area contributed by atoms with Crippen molar-refractivity contribution in [2.24, 2.45) is 0 Å². The molecule has 0 bridgehead atoms. The van der Waals surface area contributed by atoms with Gasteiger partial charge in [0.2, 0.25) is 0 Å². The first-order valence-corrected chi connectivity index (χ1v) is 11.8. The van der Waals surface area contributed by atoms with Gasteiger partial charge in [0.1, 0.15) is 0 Å². The summed E-state index contributed by atoms with van der Waals surface area (Å²) in [5.74, 6) is -0.312. The molecule has 0 unspecified atom stereocenters. The fourth-order valence-corrected chi connectivity index (χ4v) is 9.25. The van der Waals surface area contributed by atoms with Crippen LogP contribution in [0.1, 0.15) is 25.6 Å². The van der Waals surface area contributed by atoms with Crippen LogP contribution >= 0.6 is 22.7 Å². The van der Waals surface area contributed by atoms with Gasteiger partial charge < -0.3 is 0 Å². The number of carbonyl (C=O) groups is 2. The Bertz CT molecular complexity index is 1410. The predicted octanol–water partition coefficient (Wildman–Crippen LogP) is 5.79. The van der Waals surface area contributed by atoms with Crippen molar-refractivity contribution in [2.75, 3.05) is 0 Å². The zero-order valence-corrected chi connectivity index (χ0v) is 17.2. The topological polar surface area (TPSA) is 34.1 Å². The number of thiophene rings is 2. The van der Waals surface area contributed by atoms with Crippen molar-refractivity contribution in [1.82, 2.24) is 0 Å². The Morgan fingerprint density at radius 3 is 2.22 bits per heavy atom. The molecule has 0 radical (unpaired) electrons. The van der Waals surface area contributed by atoms with Crippen LogP contribution < -0.4 is 0 Å². The zero-order valence-electron chi connectivity index (χ0n) is 13.8. The molecule has 2 aromatic carbocycles.